The van der Waals surface area contributed by atoms with E-state index in [0.717, 1.165) is 6.54 Å². The zero-order chi connectivity index (χ0) is 10.8. The Kier molecular flexibility index (Phi) is 3.16. The lowest BCUT2D eigenvalue weighted by molar-refractivity contribution is 0.276. The zero-order valence-electron chi connectivity index (χ0n) is 9.24. The quantitative estimate of drug-likeness (QED) is 0.802. The molecule has 14 heavy (non-hydrogen) atoms. The Bertz CT molecular complexity index is 289. The molecule has 0 aromatic carbocycles. The molecule has 1 N–H and O–H groups in total. The van der Waals surface area contributed by atoms with Gasteiger partial charge < -0.3 is 14.4 Å². The second kappa shape index (κ2) is 4.00. The van der Waals surface area contributed by atoms with Crippen molar-refractivity contribution in [1.29, 1.82) is 0 Å². The van der Waals surface area contributed by atoms with Crippen molar-refractivity contribution in [3.63, 3.8) is 0 Å². The van der Waals surface area contributed by atoms with Crippen molar-refractivity contribution in [3.8, 4) is 0 Å². The van der Waals surface area contributed by atoms with Crippen molar-refractivity contribution in [2.24, 2.45) is 5.41 Å². The summed E-state index contributed by atoms with van der Waals surface area (Å²) in [5, 5.41) is 8.82. The van der Waals surface area contributed by atoms with Gasteiger partial charge in [0.05, 0.1) is 6.61 Å². The molecule has 80 valence electrons. The summed E-state index contributed by atoms with van der Waals surface area (Å²) in [5.74, 6) is 0. The van der Waals surface area contributed by atoms with Crippen molar-refractivity contribution >= 4 is 6.01 Å². The maximum absolute atomic E-state index is 8.82. The second-order valence-electron chi connectivity index (χ2n) is 4.70. The van der Waals surface area contributed by atoms with Gasteiger partial charge in [0.25, 0.3) is 6.01 Å². The third-order valence-corrected chi connectivity index (χ3v) is 1.74. The number of oxazole rings is 1. The fourth-order valence-corrected chi connectivity index (χ4v) is 1.32. The first-order chi connectivity index (χ1) is 6.42. The van der Waals surface area contributed by atoms with Crippen LogP contribution in [0.25, 0.3) is 0 Å². The first kappa shape index (κ1) is 11.0. The lowest BCUT2D eigenvalue weighted by Gasteiger charge is -2.25. The molecule has 4 nitrogen and oxygen atoms in total. The van der Waals surface area contributed by atoms with E-state index in [4.69, 9.17) is 9.52 Å². The van der Waals surface area contributed by atoms with Gasteiger partial charge in [-0.05, 0) is 5.41 Å². The number of aliphatic hydroxyl groups is 1. The minimum Gasteiger partial charge on any atom is -0.432 e. The number of hydrogen-bond donors (Lipinski definition) is 1. The highest BCUT2D eigenvalue weighted by molar-refractivity contribution is 5.25. The molecule has 0 spiro atoms. The molecule has 0 aliphatic heterocycles. The Labute approximate surface area is 84.6 Å². The average Bonchev–Trinajstić information content (AvgIpc) is 2.48. The molecule has 0 fully saturated rings. The van der Waals surface area contributed by atoms with Crippen LogP contribution in [0, 0.1) is 5.41 Å². The predicted octanol–water partition coefficient (Wildman–Crippen LogP) is 1.65. The average molecular weight is 198 g/mol. The van der Waals surface area contributed by atoms with Gasteiger partial charge in [0.1, 0.15) is 12.0 Å². The summed E-state index contributed by atoms with van der Waals surface area (Å²) in [7, 11) is 1.93. The van der Waals surface area contributed by atoms with E-state index in [1.54, 1.807) is 0 Å². The van der Waals surface area contributed by atoms with Crippen molar-refractivity contribution in [2.45, 2.75) is 27.4 Å². The van der Waals surface area contributed by atoms with Gasteiger partial charge in [0, 0.05) is 13.6 Å². The largest absolute Gasteiger partial charge is 0.432 e. The summed E-state index contributed by atoms with van der Waals surface area (Å²) in [6, 6.07) is 0.559. The topological polar surface area (TPSA) is 49.5 Å². The van der Waals surface area contributed by atoms with Gasteiger partial charge in [-0.3, -0.25) is 0 Å². The van der Waals surface area contributed by atoms with Crippen molar-refractivity contribution in [3.05, 3.63) is 12.0 Å². The number of aliphatic hydroxyl groups excluding tert-OH is 1. The van der Waals surface area contributed by atoms with Crippen LogP contribution in [0.1, 0.15) is 26.5 Å². The number of aromatic nitrogens is 1. The van der Waals surface area contributed by atoms with Crippen LogP contribution >= 0.6 is 0 Å². The van der Waals surface area contributed by atoms with E-state index in [0.29, 0.717) is 11.7 Å². The van der Waals surface area contributed by atoms with Crippen LogP contribution < -0.4 is 4.90 Å². The molecular formula is C10H18N2O2. The molecule has 0 radical (unpaired) electrons. The molecule has 0 aliphatic carbocycles. The minimum absolute atomic E-state index is 0.0765. The van der Waals surface area contributed by atoms with E-state index in [9.17, 15) is 0 Å². The van der Waals surface area contributed by atoms with Crippen LogP contribution in [0.4, 0.5) is 6.01 Å². The Morgan fingerprint density at radius 3 is 2.57 bits per heavy atom. The van der Waals surface area contributed by atoms with E-state index in [1.807, 2.05) is 11.9 Å². The van der Waals surface area contributed by atoms with Crippen LogP contribution in [0.5, 0.6) is 0 Å². The van der Waals surface area contributed by atoms with Gasteiger partial charge in [-0.25, -0.2) is 0 Å². The van der Waals surface area contributed by atoms with Crippen LogP contribution in [-0.2, 0) is 6.61 Å². The molecule has 1 aromatic rings. The summed E-state index contributed by atoms with van der Waals surface area (Å²) in [5.41, 5.74) is 0.767. The predicted molar refractivity (Wildman–Crippen MR) is 55.2 cm³/mol. The fraction of sp³-hybridized carbons (Fsp3) is 0.700. The lowest BCUT2D eigenvalue weighted by Crippen LogP contribution is -2.29. The second-order valence-corrected chi connectivity index (χ2v) is 4.70. The van der Waals surface area contributed by atoms with Crippen LogP contribution in [0.15, 0.2) is 10.7 Å². The summed E-state index contributed by atoms with van der Waals surface area (Å²) in [6.45, 7) is 7.24. The summed E-state index contributed by atoms with van der Waals surface area (Å²) in [4.78, 5) is 6.07. The number of hydrogen-bond acceptors (Lipinski definition) is 4. The molecule has 0 unspecified atom stereocenters. The molecule has 1 aromatic heterocycles. The first-order valence-electron chi connectivity index (χ1n) is 4.69. The highest BCUT2D eigenvalue weighted by Crippen LogP contribution is 2.19. The van der Waals surface area contributed by atoms with Gasteiger partial charge in [-0.1, -0.05) is 20.8 Å². The molecule has 4 heteroatoms. The van der Waals surface area contributed by atoms with Gasteiger partial charge in [-0.2, -0.15) is 4.98 Å². The van der Waals surface area contributed by atoms with Gasteiger partial charge in [0.15, 0.2) is 0 Å². The standard InChI is InChI=1S/C10H18N2O2/c1-10(2,3)7-12(4)9-11-8(5-13)6-14-9/h6,13H,5,7H2,1-4H3. The molecule has 0 aliphatic rings. The monoisotopic (exact) mass is 198 g/mol. The van der Waals surface area contributed by atoms with E-state index in [-0.39, 0.29) is 12.0 Å². The van der Waals surface area contributed by atoms with E-state index in [1.165, 1.54) is 6.26 Å². The Morgan fingerprint density at radius 2 is 2.14 bits per heavy atom. The van der Waals surface area contributed by atoms with Crippen molar-refractivity contribution < 1.29 is 9.52 Å². The van der Waals surface area contributed by atoms with Gasteiger partial charge in [0.2, 0.25) is 0 Å². The maximum atomic E-state index is 8.82. The summed E-state index contributed by atoms with van der Waals surface area (Å²) < 4.78 is 5.22. The smallest absolute Gasteiger partial charge is 0.297 e. The number of anilines is 1. The third-order valence-electron chi connectivity index (χ3n) is 1.74. The maximum Gasteiger partial charge on any atom is 0.297 e. The van der Waals surface area contributed by atoms with Gasteiger partial charge in [-0.15, -0.1) is 0 Å². The molecule has 0 bridgehead atoms. The molecule has 1 heterocycles. The van der Waals surface area contributed by atoms with Gasteiger partial charge >= 0.3 is 0 Å². The fourth-order valence-electron chi connectivity index (χ4n) is 1.32. The third kappa shape index (κ3) is 3.03. The molecule has 0 amide bonds. The Hall–Kier alpha value is -1.03. The Morgan fingerprint density at radius 1 is 1.50 bits per heavy atom. The van der Waals surface area contributed by atoms with E-state index >= 15 is 0 Å². The summed E-state index contributed by atoms with van der Waals surface area (Å²) >= 11 is 0. The van der Waals surface area contributed by atoms with Crippen LogP contribution in [0.2, 0.25) is 0 Å². The molecular weight excluding hydrogens is 180 g/mol. The Balaban J connectivity index is 2.65. The molecule has 1 rings (SSSR count). The van der Waals surface area contributed by atoms with Crippen molar-refractivity contribution in [2.75, 3.05) is 18.5 Å². The normalized spacial score (nSPS) is 11.8. The first-order valence-corrected chi connectivity index (χ1v) is 4.69. The highest BCUT2D eigenvalue weighted by Gasteiger charge is 2.16. The highest BCUT2D eigenvalue weighted by atomic mass is 16.4. The lowest BCUT2D eigenvalue weighted by atomic mass is 9.96. The summed E-state index contributed by atoms with van der Waals surface area (Å²) in [6.07, 6.45) is 1.48. The molecule has 0 saturated heterocycles. The number of rotatable bonds is 3. The van der Waals surface area contributed by atoms with E-state index in [2.05, 4.69) is 25.8 Å². The zero-order valence-corrected chi connectivity index (χ0v) is 9.24. The van der Waals surface area contributed by atoms with Crippen molar-refractivity contribution in [1.82, 2.24) is 4.98 Å². The van der Waals surface area contributed by atoms with E-state index < -0.39 is 0 Å². The number of nitrogens with zero attached hydrogens (tertiary/aromatic N) is 2. The van der Waals surface area contributed by atoms with Crippen LogP contribution in [0.3, 0.4) is 0 Å². The molecule has 0 saturated carbocycles. The minimum atomic E-state index is -0.0765. The van der Waals surface area contributed by atoms with Crippen LogP contribution in [-0.4, -0.2) is 23.7 Å². The molecule has 0 atom stereocenters. The SMILES string of the molecule is CN(CC(C)(C)C)c1nc(CO)co1.